The summed E-state index contributed by atoms with van der Waals surface area (Å²) in [7, 11) is -3.16. The first-order valence-corrected chi connectivity index (χ1v) is 12.5. The molecule has 0 aromatic rings. The molecule has 0 bridgehead atoms. The van der Waals surface area contributed by atoms with Crippen LogP contribution in [0.1, 0.15) is 51.4 Å². The Morgan fingerprint density at radius 2 is 1.70 bits per heavy atom. The largest absolute Gasteiger partial charge is 0.405 e. The molecule has 7 nitrogen and oxygen atoms in total. The van der Waals surface area contributed by atoms with E-state index in [1.165, 1.54) is 0 Å². The fraction of sp³-hybridized carbons (Fsp3) is 0.895. The average molecular weight is 454 g/mol. The number of likely N-dealkylation sites (tertiary alicyclic amines) is 1. The number of alkyl halides is 3. The average Bonchev–Trinajstić information content (AvgIpc) is 3.26. The Hall–Kier alpha value is -1.36. The summed E-state index contributed by atoms with van der Waals surface area (Å²) < 4.78 is 61.3. The summed E-state index contributed by atoms with van der Waals surface area (Å²) in [5, 5.41) is 1.92. The fourth-order valence-electron chi connectivity index (χ4n) is 4.93. The van der Waals surface area contributed by atoms with Crippen molar-refractivity contribution in [3.63, 3.8) is 0 Å². The van der Waals surface area contributed by atoms with Crippen molar-refractivity contribution in [2.45, 2.75) is 75.7 Å². The summed E-state index contributed by atoms with van der Waals surface area (Å²) in [6.45, 7) is -1.01. The highest BCUT2D eigenvalue weighted by Crippen LogP contribution is 2.29. The van der Waals surface area contributed by atoms with Crippen LogP contribution >= 0.6 is 0 Å². The summed E-state index contributed by atoms with van der Waals surface area (Å²) in [6, 6.07) is -1.13. The number of hydrogen-bond acceptors (Lipinski definition) is 5. The molecule has 11 heteroatoms. The van der Waals surface area contributed by atoms with Crippen molar-refractivity contribution in [3.05, 3.63) is 0 Å². The van der Waals surface area contributed by atoms with Gasteiger partial charge in [0.25, 0.3) is 0 Å². The Balaban J connectivity index is 1.67. The molecule has 172 valence electrons. The van der Waals surface area contributed by atoms with Crippen LogP contribution in [0.25, 0.3) is 0 Å². The van der Waals surface area contributed by atoms with Crippen molar-refractivity contribution >= 4 is 21.7 Å². The Kier molecular flexibility index (Phi) is 7.32. The Morgan fingerprint density at radius 1 is 1.00 bits per heavy atom. The van der Waals surface area contributed by atoms with Crippen LogP contribution in [0.3, 0.4) is 0 Å². The van der Waals surface area contributed by atoms with E-state index in [9.17, 15) is 31.2 Å². The molecule has 3 fully saturated rings. The van der Waals surface area contributed by atoms with Crippen LogP contribution < -0.4 is 5.32 Å². The zero-order valence-electron chi connectivity index (χ0n) is 17.0. The number of nitrogens with one attached hydrogen (secondary N) is 1. The lowest BCUT2D eigenvalue weighted by Crippen LogP contribution is -2.54. The van der Waals surface area contributed by atoms with Gasteiger partial charge in [0.2, 0.25) is 11.8 Å². The molecule has 3 rings (SSSR count). The molecule has 2 saturated heterocycles. The van der Waals surface area contributed by atoms with E-state index < -0.39 is 34.5 Å². The number of halogens is 3. The number of amides is 2. The van der Waals surface area contributed by atoms with E-state index in [1.54, 1.807) is 9.80 Å². The van der Waals surface area contributed by atoms with Gasteiger partial charge in [0.15, 0.2) is 9.84 Å². The van der Waals surface area contributed by atoms with Crippen LogP contribution in [0.2, 0.25) is 0 Å². The summed E-state index contributed by atoms with van der Waals surface area (Å²) in [6.07, 6.45) is 1.68. The zero-order chi connectivity index (χ0) is 21.9. The molecule has 3 aliphatic rings. The van der Waals surface area contributed by atoms with Gasteiger partial charge in [-0.05, 0) is 38.6 Å². The maximum Gasteiger partial charge on any atom is 0.405 e. The third kappa shape index (κ3) is 6.09. The molecular weight excluding hydrogens is 423 g/mol. The standard InChI is InChI=1S/C19H30F3N3O4S/c20-19(21,22)13-23-18(27)16-7-4-9-24(16)11-17(26)25(14-5-2-1-3-6-14)15-8-10-30(28,29)12-15/h14-16H,1-13H2,(H,23,27). The molecule has 2 heterocycles. The van der Waals surface area contributed by atoms with E-state index in [4.69, 9.17) is 0 Å². The number of carbonyl (C=O) groups is 2. The van der Waals surface area contributed by atoms with E-state index >= 15 is 0 Å². The van der Waals surface area contributed by atoms with Crippen LogP contribution in [0.5, 0.6) is 0 Å². The van der Waals surface area contributed by atoms with Crippen LogP contribution in [0, 0.1) is 0 Å². The Labute approximate surface area is 175 Å². The first-order chi connectivity index (χ1) is 14.1. The maximum absolute atomic E-state index is 13.3. The van der Waals surface area contributed by atoms with Gasteiger partial charge in [-0.2, -0.15) is 13.2 Å². The first-order valence-electron chi connectivity index (χ1n) is 10.7. The van der Waals surface area contributed by atoms with Crippen LogP contribution in [-0.2, 0) is 19.4 Å². The first kappa shape index (κ1) is 23.3. The molecule has 0 aromatic heterocycles. The number of rotatable bonds is 6. The van der Waals surface area contributed by atoms with Gasteiger partial charge in [-0.25, -0.2) is 8.42 Å². The van der Waals surface area contributed by atoms with Crippen LogP contribution in [-0.4, -0.2) is 85.5 Å². The van der Waals surface area contributed by atoms with Crippen molar-refractivity contribution in [2.75, 3.05) is 31.1 Å². The van der Waals surface area contributed by atoms with Crippen molar-refractivity contribution in [2.24, 2.45) is 0 Å². The summed E-state index contributed by atoms with van der Waals surface area (Å²) in [5.41, 5.74) is 0. The van der Waals surface area contributed by atoms with Crippen molar-refractivity contribution in [1.29, 1.82) is 0 Å². The molecular formula is C19H30F3N3O4S. The number of carbonyl (C=O) groups excluding carboxylic acids is 2. The quantitative estimate of drug-likeness (QED) is 0.658. The van der Waals surface area contributed by atoms with Gasteiger partial charge >= 0.3 is 6.18 Å². The summed E-state index contributed by atoms with van der Waals surface area (Å²) >= 11 is 0. The molecule has 1 saturated carbocycles. The number of sulfone groups is 1. The molecule has 0 radical (unpaired) electrons. The monoisotopic (exact) mass is 453 g/mol. The summed E-state index contributed by atoms with van der Waals surface area (Å²) in [4.78, 5) is 28.9. The zero-order valence-corrected chi connectivity index (χ0v) is 17.8. The van der Waals surface area contributed by atoms with Crippen LogP contribution in [0.15, 0.2) is 0 Å². The van der Waals surface area contributed by atoms with E-state index in [0.29, 0.717) is 25.8 Å². The molecule has 2 amide bonds. The van der Waals surface area contributed by atoms with Crippen molar-refractivity contribution in [3.8, 4) is 0 Å². The highest BCUT2D eigenvalue weighted by atomic mass is 32.2. The van der Waals surface area contributed by atoms with Crippen molar-refractivity contribution < 1.29 is 31.2 Å². The molecule has 2 aliphatic heterocycles. The normalized spacial score (nSPS) is 27.8. The second kappa shape index (κ2) is 9.42. The lowest BCUT2D eigenvalue weighted by atomic mass is 9.92. The third-order valence-corrected chi connectivity index (χ3v) is 8.08. The van der Waals surface area contributed by atoms with Gasteiger partial charge in [0.05, 0.1) is 24.1 Å². The predicted octanol–water partition coefficient (Wildman–Crippen LogP) is 1.48. The maximum atomic E-state index is 13.3. The molecule has 0 spiro atoms. The Bertz CT molecular complexity index is 738. The molecule has 2 unspecified atom stereocenters. The smallest absolute Gasteiger partial charge is 0.346 e. The number of hydrogen-bond donors (Lipinski definition) is 1. The minimum absolute atomic E-state index is 0.00957. The molecule has 1 N–H and O–H groups in total. The molecule has 2 atom stereocenters. The van der Waals surface area contributed by atoms with Crippen LogP contribution in [0.4, 0.5) is 13.2 Å². The topological polar surface area (TPSA) is 86.8 Å². The van der Waals surface area contributed by atoms with E-state index in [2.05, 4.69) is 0 Å². The van der Waals surface area contributed by atoms with E-state index in [1.807, 2.05) is 5.32 Å². The number of nitrogens with zero attached hydrogens (tertiary/aromatic N) is 2. The lowest BCUT2D eigenvalue weighted by molar-refractivity contribution is -0.143. The highest BCUT2D eigenvalue weighted by molar-refractivity contribution is 7.91. The predicted molar refractivity (Wildman–Crippen MR) is 104 cm³/mol. The molecule has 0 aromatic carbocycles. The van der Waals surface area contributed by atoms with Gasteiger partial charge in [0.1, 0.15) is 6.54 Å². The van der Waals surface area contributed by atoms with E-state index in [-0.39, 0.29) is 36.0 Å². The van der Waals surface area contributed by atoms with Gasteiger partial charge in [-0.3, -0.25) is 14.5 Å². The minimum Gasteiger partial charge on any atom is -0.346 e. The second-order valence-corrected chi connectivity index (χ2v) is 10.8. The third-order valence-electron chi connectivity index (χ3n) is 6.33. The second-order valence-electron chi connectivity index (χ2n) is 8.61. The van der Waals surface area contributed by atoms with Crippen molar-refractivity contribution in [1.82, 2.24) is 15.1 Å². The lowest BCUT2D eigenvalue weighted by Gasteiger charge is -2.39. The van der Waals surface area contributed by atoms with Gasteiger partial charge in [-0.15, -0.1) is 0 Å². The molecule has 30 heavy (non-hydrogen) atoms. The SMILES string of the molecule is O=C(NCC(F)(F)F)C1CCCN1CC(=O)N(C1CCCCC1)C1CCS(=O)(=O)C1. The Morgan fingerprint density at radius 3 is 2.30 bits per heavy atom. The fourth-order valence-corrected chi connectivity index (χ4v) is 6.64. The van der Waals surface area contributed by atoms with Gasteiger partial charge in [0, 0.05) is 12.1 Å². The summed E-state index contributed by atoms with van der Waals surface area (Å²) in [5.74, 6) is -0.907. The molecule has 1 aliphatic carbocycles. The van der Waals surface area contributed by atoms with Gasteiger partial charge < -0.3 is 10.2 Å². The van der Waals surface area contributed by atoms with Gasteiger partial charge in [-0.1, -0.05) is 19.3 Å². The van der Waals surface area contributed by atoms with E-state index in [0.717, 1.165) is 32.1 Å². The minimum atomic E-state index is -4.49. The highest BCUT2D eigenvalue weighted by Gasteiger charge is 2.41.